The van der Waals surface area contributed by atoms with Crippen LogP contribution >= 0.6 is 0 Å². The largest absolute Gasteiger partial charge is 0.508 e. The van der Waals surface area contributed by atoms with Crippen molar-refractivity contribution in [1.82, 2.24) is 4.90 Å². The van der Waals surface area contributed by atoms with Gasteiger partial charge >= 0.3 is 17.9 Å². The number of fused-ring (bicyclic) bond motifs is 5. The number of amides is 1. The molecule has 2 heterocycles. The predicted molar refractivity (Wildman–Crippen MR) is 142 cm³/mol. The Bertz CT molecular complexity index is 1290. The monoisotopic (exact) mass is 557 g/mol. The molecule has 0 unspecified atom stereocenters. The van der Waals surface area contributed by atoms with Gasteiger partial charge in [-0.1, -0.05) is 27.7 Å². The second-order valence-corrected chi connectivity index (χ2v) is 13.0. The van der Waals surface area contributed by atoms with Gasteiger partial charge in [0.1, 0.15) is 29.2 Å². The van der Waals surface area contributed by atoms with E-state index in [1.165, 1.54) is 17.9 Å². The van der Waals surface area contributed by atoms with Crippen molar-refractivity contribution in [2.24, 2.45) is 22.7 Å². The van der Waals surface area contributed by atoms with E-state index in [1.807, 2.05) is 0 Å². The standard InChI is InChI=1S/C30H39NO9/c1-15-6-8-22-28(3,4)23(39-16(2)32)10-11-29(22,5)30(15)13-18-21(33)12-17-19(25(18)40-30)14-31(26(17)36)20(27(37)38)7-9-24(34)35/h12,15,20,22-23,33H,6-11,13-14H2,1-5H3,(H,34,35)(H,37,38)/t15-,20-,22+,23-,29-,30-/m0/s1. The number of phenols is 1. The summed E-state index contributed by atoms with van der Waals surface area (Å²) >= 11 is 0. The molecule has 0 aromatic heterocycles. The fourth-order valence-electron chi connectivity index (χ4n) is 8.61. The number of ether oxygens (including phenoxy) is 2. The molecule has 5 rings (SSSR count). The lowest BCUT2D eigenvalue weighted by atomic mass is 9.43. The summed E-state index contributed by atoms with van der Waals surface area (Å²) in [5, 5.41) is 30.1. The van der Waals surface area contributed by atoms with Gasteiger partial charge < -0.3 is 29.7 Å². The Kier molecular flexibility index (Phi) is 6.62. The molecule has 1 aromatic carbocycles. The number of aliphatic carboxylic acids is 2. The van der Waals surface area contributed by atoms with E-state index in [9.17, 15) is 29.4 Å². The van der Waals surface area contributed by atoms with E-state index in [4.69, 9.17) is 14.6 Å². The van der Waals surface area contributed by atoms with Crippen LogP contribution in [0.2, 0.25) is 0 Å². The van der Waals surface area contributed by atoms with Gasteiger partial charge in [0.25, 0.3) is 5.91 Å². The van der Waals surface area contributed by atoms with E-state index in [1.54, 1.807) is 0 Å². The number of aromatic hydroxyl groups is 1. The Balaban J connectivity index is 1.52. The van der Waals surface area contributed by atoms with Crippen molar-refractivity contribution < 1.29 is 44.0 Å². The van der Waals surface area contributed by atoms with Gasteiger partial charge in [-0.3, -0.25) is 14.4 Å². The summed E-state index contributed by atoms with van der Waals surface area (Å²) in [5.74, 6) is -2.56. The Morgan fingerprint density at radius 3 is 2.48 bits per heavy atom. The van der Waals surface area contributed by atoms with E-state index in [0.29, 0.717) is 29.7 Å². The molecule has 0 bridgehead atoms. The number of benzene rings is 1. The van der Waals surface area contributed by atoms with Crippen LogP contribution in [-0.2, 0) is 32.1 Å². The molecule has 2 aliphatic carbocycles. The topological polar surface area (TPSA) is 151 Å². The number of phenolic OH excluding ortho intramolecular Hbond substituents is 1. The van der Waals surface area contributed by atoms with Crippen molar-refractivity contribution in [3.63, 3.8) is 0 Å². The first-order chi connectivity index (χ1) is 18.6. The maximum Gasteiger partial charge on any atom is 0.326 e. The Hall–Kier alpha value is -3.30. The molecule has 0 saturated heterocycles. The summed E-state index contributed by atoms with van der Waals surface area (Å²) in [4.78, 5) is 49.6. The first kappa shape index (κ1) is 28.2. The third kappa shape index (κ3) is 3.96. The van der Waals surface area contributed by atoms with E-state index in [-0.39, 0.29) is 65.4 Å². The van der Waals surface area contributed by atoms with Crippen LogP contribution in [-0.4, -0.2) is 61.8 Å². The highest BCUT2D eigenvalue weighted by atomic mass is 16.5. The van der Waals surface area contributed by atoms with Crippen LogP contribution < -0.4 is 4.74 Å². The zero-order chi connectivity index (χ0) is 29.4. The summed E-state index contributed by atoms with van der Waals surface area (Å²) in [7, 11) is 0. The summed E-state index contributed by atoms with van der Waals surface area (Å²) in [5.41, 5.74) is 0.0613. The molecule has 1 aromatic rings. The number of carboxylic acid groups (broad SMARTS) is 2. The first-order valence-corrected chi connectivity index (χ1v) is 14.1. The molecule has 1 spiro atoms. The minimum Gasteiger partial charge on any atom is -0.508 e. The average Bonchev–Trinajstić information content (AvgIpc) is 3.40. The van der Waals surface area contributed by atoms with Crippen LogP contribution in [0.25, 0.3) is 0 Å². The smallest absolute Gasteiger partial charge is 0.326 e. The summed E-state index contributed by atoms with van der Waals surface area (Å²) < 4.78 is 12.8. The van der Waals surface area contributed by atoms with Gasteiger partial charge in [-0.15, -0.1) is 0 Å². The lowest BCUT2D eigenvalue weighted by Gasteiger charge is -2.64. The highest BCUT2D eigenvalue weighted by Crippen LogP contribution is 2.67. The number of esters is 1. The summed E-state index contributed by atoms with van der Waals surface area (Å²) in [6.45, 7) is 10.1. The Labute approximate surface area is 233 Å². The van der Waals surface area contributed by atoms with Crippen molar-refractivity contribution in [2.75, 3.05) is 0 Å². The highest BCUT2D eigenvalue weighted by Gasteiger charge is 2.68. The molecule has 3 N–H and O–H groups in total. The zero-order valence-corrected chi connectivity index (χ0v) is 23.8. The zero-order valence-electron chi connectivity index (χ0n) is 23.8. The quantitative estimate of drug-likeness (QED) is 0.438. The molecule has 40 heavy (non-hydrogen) atoms. The molecule has 10 heteroatoms. The van der Waals surface area contributed by atoms with Gasteiger partial charge in [-0.25, -0.2) is 4.79 Å². The molecule has 1 amide bonds. The average molecular weight is 558 g/mol. The van der Waals surface area contributed by atoms with Crippen LogP contribution in [0.1, 0.15) is 94.6 Å². The number of hydrogen-bond donors (Lipinski definition) is 3. The summed E-state index contributed by atoms with van der Waals surface area (Å²) in [6.07, 6.45) is 2.92. The highest BCUT2D eigenvalue weighted by molar-refractivity contribution is 6.02. The number of rotatable bonds is 6. The van der Waals surface area contributed by atoms with Crippen molar-refractivity contribution in [2.45, 2.75) is 104 Å². The van der Waals surface area contributed by atoms with E-state index < -0.39 is 29.5 Å². The fourth-order valence-corrected chi connectivity index (χ4v) is 8.61. The van der Waals surface area contributed by atoms with Gasteiger partial charge in [0.15, 0.2) is 0 Å². The van der Waals surface area contributed by atoms with Crippen molar-refractivity contribution in [3.05, 3.63) is 22.8 Å². The van der Waals surface area contributed by atoms with E-state index in [2.05, 4.69) is 27.7 Å². The molecule has 218 valence electrons. The number of nitrogens with zero attached hydrogens (tertiary/aromatic N) is 1. The fraction of sp³-hybridized carbons (Fsp3) is 0.667. The number of carbonyl (C=O) groups is 4. The minimum absolute atomic E-state index is 0.0298. The Morgan fingerprint density at radius 1 is 1.15 bits per heavy atom. The maximum atomic E-state index is 13.4. The van der Waals surface area contributed by atoms with E-state index >= 15 is 0 Å². The first-order valence-electron chi connectivity index (χ1n) is 14.1. The van der Waals surface area contributed by atoms with Crippen molar-refractivity contribution in [3.8, 4) is 11.5 Å². The lowest BCUT2D eigenvalue weighted by Crippen LogP contribution is -2.67. The molecule has 2 saturated carbocycles. The van der Waals surface area contributed by atoms with Crippen LogP contribution in [0, 0.1) is 22.7 Å². The van der Waals surface area contributed by atoms with Crippen LogP contribution in [0.3, 0.4) is 0 Å². The number of carbonyl (C=O) groups excluding carboxylic acids is 2. The van der Waals surface area contributed by atoms with Gasteiger partial charge in [0, 0.05) is 41.7 Å². The normalized spacial score (nSPS) is 32.6. The number of hydrogen-bond acceptors (Lipinski definition) is 7. The summed E-state index contributed by atoms with van der Waals surface area (Å²) in [6, 6.07) is 0.0983. The van der Waals surface area contributed by atoms with E-state index in [0.717, 1.165) is 19.3 Å². The predicted octanol–water partition coefficient (Wildman–Crippen LogP) is 4.14. The van der Waals surface area contributed by atoms with Crippen molar-refractivity contribution >= 4 is 23.8 Å². The van der Waals surface area contributed by atoms with Crippen LogP contribution in [0.5, 0.6) is 11.5 Å². The Morgan fingerprint density at radius 2 is 1.85 bits per heavy atom. The van der Waals surface area contributed by atoms with Crippen molar-refractivity contribution in [1.29, 1.82) is 0 Å². The van der Waals surface area contributed by atoms with Gasteiger partial charge in [-0.2, -0.15) is 0 Å². The molecule has 4 aliphatic rings. The lowest BCUT2D eigenvalue weighted by molar-refractivity contribution is -0.218. The van der Waals surface area contributed by atoms with Gasteiger partial charge in [0.2, 0.25) is 0 Å². The maximum absolute atomic E-state index is 13.4. The number of carboxylic acids is 2. The SMILES string of the molecule is CC(=O)O[C@H]1CC[C@@]2(C)[C@H](CC[C@H](C)[C@@]23Cc2c(O)cc4c(c2O3)CN([C@@H](CCC(=O)O)C(=O)O)C4=O)C1(C)C. The third-order valence-electron chi connectivity index (χ3n) is 10.7. The molecular formula is C30H39NO9. The molecule has 0 radical (unpaired) electrons. The third-order valence-corrected chi connectivity index (χ3v) is 10.7. The molecule has 2 fully saturated rings. The molecule has 6 atom stereocenters. The van der Waals surface area contributed by atoms with Gasteiger partial charge in [0.05, 0.1) is 12.1 Å². The second-order valence-electron chi connectivity index (χ2n) is 13.0. The van der Waals surface area contributed by atoms with Crippen LogP contribution in [0.4, 0.5) is 0 Å². The molecule has 10 nitrogen and oxygen atoms in total. The van der Waals surface area contributed by atoms with Gasteiger partial charge in [-0.05, 0) is 50.0 Å². The second kappa shape index (κ2) is 9.38. The van der Waals surface area contributed by atoms with Crippen LogP contribution in [0.15, 0.2) is 6.07 Å². The molecular weight excluding hydrogens is 518 g/mol. The molecule has 2 aliphatic heterocycles. The minimum atomic E-state index is -1.31.